The van der Waals surface area contributed by atoms with Crippen molar-refractivity contribution in [1.82, 2.24) is 10.3 Å². The average molecular weight is 423 g/mol. The molecule has 0 aliphatic carbocycles. The number of fused-ring (bicyclic) bond motifs is 1. The lowest BCUT2D eigenvalue weighted by Gasteiger charge is -2.20. The van der Waals surface area contributed by atoms with Crippen molar-refractivity contribution < 1.29 is 17.9 Å². The van der Waals surface area contributed by atoms with Crippen molar-refractivity contribution in [2.45, 2.75) is 17.9 Å². The Kier molecular flexibility index (Phi) is 5.41. The zero-order chi connectivity index (χ0) is 21.1. The average Bonchev–Trinajstić information content (AvgIpc) is 3.23. The SMILES string of the molecule is COc1ncccc1CNC(=O)c1cccc(S(=O)(=O)N2CCc3ccccc32)c1. The number of carbonyl (C=O) groups excluding carboxylic acids is 1. The first-order chi connectivity index (χ1) is 14.5. The van der Waals surface area contributed by atoms with Crippen LogP contribution >= 0.6 is 0 Å². The van der Waals surface area contributed by atoms with E-state index in [2.05, 4.69) is 10.3 Å². The maximum absolute atomic E-state index is 13.2. The molecule has 0 bridgehead atoms. The summed E-state index contributed by atoms with van der Waals surface area (Å²) in [6.45, 7) is 0.602. The standard InChI is InChI=1S/C22H21N3O4S/c1-29-22-18(8-5-12-23-22)15-24-21(26)17-7-4-9-19(14-17)30(27,28)25-13-11-16-6-2-3-10-20(16)25/h2-10,12,14H,11,13,15H2,1H3,(H,24,26). The molecule has 7 nitrogen and oxygen atoms in total. The van der Waals surface area contributed by atoms with E-state index < -0.39 is 10.0 Å². The first-order valence-electron chi connectivity index (χ1n) is 9.47. The summed E-state index contributed by atoms with van der Waals surface area (Å²) in [4.78, 5) is 16.8. The fourth-order valence-electron chi connectivity index (χ4n) is 3.50. The van der Waals surface area contributed by atoms with Crippen molar-refractivity contribution in [1.29, 1.82) is 0 Å². The highest BCUT2D eigenvalue weighted by molar-refractivity contribution is 7.92. The number of sulfonamides is 1. The number of benzene rings is 2. The monoisotopic (exact) mass is 423 g/mol. The third-order valence-corrected chi connectivity index (χ3v) is 6.82. The minimum atomic E-state index is -3.76. The lowest BCUT2D eigenvalue weighted by atomic mass is 10.2. The number of nitrogens with zero attached hydrogens (tertiary/aromatic N) is 2. The topological polar surface area (TPSA) is 88.6 Å². The fourth-order valence-corrected chi connectivity index (χ4v) is 5.05. The van der Waals surface area contributed by atoms with Gasteiger partial charge in [0.2, 0.25) is 5.88 Å². The molecule has 2 heterocycles. The molecule has 154 valence electrons. The van der Waals surface area contributed by atoms with Crippen molar-refractivity contribution >= 4 is 21.6 Å². The molecular weight excluding hydrogens is 402 g/mol. The molecule has 0 atom stereocenters. The predicted molar refractivity (Wildman–Crippen MR) is 113 cm³/mol. The molecule has 4 rings (SSSR count). The number of para-hydroxylation sites is 1. The predicted octanol–water partition coefficient (Wildman–Crippen LogP) is 2.77. The van der Waals surface area contributed by atoms with E-state index in [9.17, 15) is 13.2 Å². The van der Waals surface area contributed by atoms with E-state index in [4.69, 9.17) is 4.74 Å². The summed E-state index contributed by atoms with van der Waals surface area (Å²) in [5.41, 5.74) is 2.69. The first-order valence-corrected chi connectivity index (χ1v) is 10.9. The van der Waals surface area contributed by atoms with Crippen LogP contribution in [-0.4, -0.2) is 33.0 Å². The maximum Gasteiger partial charge on any atom is 0.264 e. The summed E-state index contributed by atoms with van der Waals surface area (Å²) < 4.78 is 33.0. The lowest BCUT2D eigenvalue weighted by molar-refractivity contribution is 0.0950. The number of methoxy groups -OCH3 is 1. The molecule has 1 aliphatic heterocycles. The molecule has 0 radical (unpaired) electrons. The molecule has 0 spiro atoms. The molecular formula is C22H21N3O4S. The second-order valence-electron chi connectivity index (χ2n) is 6.84. The van der Waals surface area contributed by atoms with Gasteiger partial charge in [-0.3, -0.25) is 9.10 Å². The lowest BCUT2D eigenvalue weighted by Crippen LogP contribution is -2.29. The van der Waals surface area contributed by atoms with Crippen LogP contribution in [0.5, 0.6) is 5.88 Å². The Morgan fingerprint density at radius 3 is 2.80 bits per heavy atom. The van der Waals surface area contributed by atoms with E-state index >= 15 is 0 Å². The van der Waals surface area contributed by atoms with Gasteiger partial charge in [-0.2, -0.15) is 0 Å². The van der Waals surface area contributed by atoms with Gasteiger partial charge in [0.25, 0.3) is 15.9 Å². The minimum Gasteiger partial charge on any atom is -0.481 e. The van der Waals surface area contributed by atoms with Gasteiger partial charge in [-0.25, -0.2) is 13.4 Å². The molecule has 8 heteroatoms. The highest BCUT2D eigenvalue weighted by atomic mass is 32.2. The van der Waals surface area contributed by atoms with Gasteiger partial charge in [0.1, 0.15) is 0 Å². The Bertz CT molecular complexity index is 1190. The van der Waals surface area contributed by atoms with Crippen molar-refractivity contribution in [3.05, 3.63) is 83.6 Å². The Labute approximate surface area is 175 Å². The molecule has 1 N–H and O–H groups in total. The number of ether oxygens (including phenoxy) is 1. The van der Waals surface area contributed by atoms with Crippen LogP contribution in [0, 0.1) is 0 Å². The van der Waals surface area contributed by atoms with E-state index in [-0.39, 0.29) is 22.9 Å². The number of rotatable bonds is 6. The largest absolute Gasteiger partial charge is 0.481 e. The van der Waals surface area contributed by atoms with Gasteiger partial charge in [0, 0.05) is 30.4 Å². The molecule has 0 saturated heterocycles. The molecule has 0 unspecified atom stereocenters. The van der Waals surface area contributed by atoms with Crippen molar-refractivity contribution in [3.63, 3.8) is 0 Å². The zero-order valence-electron chi connectivity index (χ0n) is 16.4. The Balaban J connectivity index is 1.54. The number of anilines is 1. The molecule has 30 heavy (non-hydrogen) atoms. The summed E-state index contributed by atoms with van der Waals surface area (Å²) in [6, 6.07) is 17.1. The second kappa shape index (κ2) is 8.16. The maximum atomic E-state index is 13.2. The molecule has 1 amide bonds. The Morgan fingerprint density at radius 2 is 1.97 bits per heavy atom. The van der Waals surface area contributed by atoms with Gasteiger partial charge in [0.15, 0.2) is 0 Å². The number of aromatic nitrogens is 1. The van der Waals surface area contributed by atoms with E-state index in [0.29, 0.717) is 24.5 Å². The second-order valence-corrected chi connectivity index (χ2v) is 8.70. The summed E-state index contributed by atoms with van der Waals surface area (Å²) in [5, 5.41) is 2.79. The van der Waals surface area contributed by atoms with Crippen LogP contribution in [-0.2, 0) is 23.0 Å². The highest BCUT2D eigenvalue weighted by Gasteiger charge is 2.30. The normalized spacial score (nSPS) is 13.0. The Hall–Kier alpha value is -3.39. The molecule has 3 aromatic rings. The number of nitrogens with one attached hydrogen (secondary N) is 1. The first kappa shape index (κ1) is 19.9. The molecule has 1 aromatic heterocycles. The molecule has 1 aliphatic rings. The van der Waals surface area contributed by atoms with Crippen LogP contribution in [0.2, 0.25) is 0 Å². The fraction of sp³-hybridized carbons (Fsp3) is 0.182. The van der Waals surface area contributed by atoms with Crippen LogP contribution in [0.25, 0.3) is 0 Å². The van der Waals surface area contributed by atoms with E-state index in [0.717, 1.165) is 11.1 Å². The third kappa shape index (κ3) is 3.73. The molecule has 0 fully saturated rings. The van der Waals surface area contributed by atoms with E-state index in [1.54, 1.807) is 36.5 Å². The van der Waals surface area contributed by atoms with Gasteiger partial charge in [-0.05, 0) is 42.3 Å². The van der Waals surface area contributed by atoms with Gasteiger partial charge in [-0.1, -0.05) is 30.3 Å². The van der Waals surface area contributed by atoms with Gasteiger partial charge in [-0.15, -0.1) is 0 Å². The van der Waals surface area contributed by atoms with Crippen LogP contribution in [0.4, 0.5) is 5.69 Å². The molecule has 2 aromatic carbocycles. The van der Waals surface area contributed by atoms with Crippen LogP contribution in [0.3, 0.4) is 0 Å². The number of hydrogen-bond acceptors (Lipinski definition) is 5. The van der Waals surface area contributed by atoms with Crippen LogP contribution < -0.4 is 14.4 Å². The van der Waals surface area contributed by atoms with Gasteiger partial charge < -0.3 is 10.1 Å². The van der Waals surface area contributed by atoms with E-state index in [1.807, 2.05) is 18.2 Å². The van der Waals surface area contributed by atoms with Crippen molar-refractivity contribution in [3.8, 4) is 5.88 Å². The number of carbonyl (C=O) groups is 1. The smallest absolute Gasteiger partial charge is 0.264 e. The quantitative estimate of drug-likeness (QED) is 0.659. The van der Waals surface area contributed by atoms with Crippen LogP contribution in [0.1, 0.15) is 21.5 Å². The minimum absolute atomic E-state index is 0.0887. The van der Waals surface area contributed by atoms with Crippen molar-refractivity contribution in [2.75, 3.05) is 18.0 Å². The summed E-state index contributed by atoms with van der Waals surface area (Å²) in [5.74, 6) is 0.0570. The number of hydrogen-bond donors (Lipinski definition) is 1. The number of amides is 1. The third-order valence-electron chi connectivity index (χ3n) is 5.01. The van der Waals surface area contributed by atoms with E-state index in [1.165, 1.54) is 23.5 Å². The zero-order valence-corrected chi connectivity index (χ0v) is 17.2. The highest BCUT2D eigenvalue weighted by Crippen LogP contribution is 2.32. The summed E-state index contributed by atoms with van der Waals surface area (Å²) in [6.07, 6.45) is 2.28. The summed E-state index contributed by atoms with van der Waals surface area (Å²) in [7, 11) is -2.25. The molecule has 0 saturated carbocycles. The van der Waals surface area contributed by atoms with Gasteiger partial charge >= 0.3 is 0 Å². The van der Waals surface area contributed by atoms with Gasteiger partial charge in [0.05, 0.1) is 17.7 Å². The van der Waals surface area contributed by atoms with Crippen molar-refractivity contribution in [2.24, 2.45) is 0 Å². The summed E-state index contributed by atoms with van der Waals surface area (Å²) >= 11 is 0. The Morgan fingerprint density at radius 1 is 1.13 bits per heavy atom. The number of pyridine rings is 1. The van der Waals surface area contributed by atoms with Crippen LogP contribution in [0.15, 0.2) is 71.8 Å².